The van der Waals surface area contributed by atoms with Crippen molar-refractivity contribution >= 4 is 28.6 Å². The molecule has 4 rings (SSSR count). The van der Waals surface area contributed by atoms with Crippen LogP contribution in [0.1, 0.15) is 65.9 Å². The summed E-state index contributed by atoms with van der Waals surface area (Å²) >= 11 is 0. The van der Waals surface area contributed by atoms with Crippen molar-refractivity contribution in [1.82, 2.24) is 20.0 Å². The number of hydrogen-bond donors (Lipinski definition) is 3. The van der Waals surface area contributed by atoms with Gasteiger partial charge in [-0.1, -0.05) is 20.8 Å². The van der Waals surface area contributed by atoms with Crippen LogP contribution >= 0.6 is 0 Å². The zero-order chi connectivity index (χ0) is 31.1. The van der Waals surface area contributed by atoms with Gasteiger partial charge in [-0.05, 0) is 50.2 Å². The minimum atomic E-state index is -5.10. The first-order chi connectivity index (χ1) is 19.4. The number of hydrogen-bond acceptors (Lipinski definition) is 7. The van der Waals surface area contributed by atoms with Gasteiger partial charge in [0.25, 0.3) is 0 Å². The number of amides is 2. The minimum Gasteiger partial charge on any atom is -0.421 e. The molecule has 234 valence electrons. The lowest BCUT2D eigenvalue weighted by atomic mass is 9.70. The van der Waals surface area contributed by atoms with Crippen LogP contribution in [0.15, 0.2) is 18.3 Å². The third-order valence-electron chi connectivity index (χ3n) is 8.38. The Hall–Kier alpha value is -2.90. The summed E-state index contributed by atoms with van der Waals surface area (Å²) in [6.07, 6.45) is -1.39. The second-order valence-corrected chi connectivity index (χ2v) is 13.0. The second-order valence-electron chi connectivity index (χ2n) is 13.0. The summed E-state index contributed by atoms with van der Waals surface area (Å²) in [5, 5.41) is 21.1. The van der Waals surface area contributed by atoms with Crippen LogP contribution in [0.5, 0.6) is 0 Å². The maximum atomic E-state index is 13.6. The van der Waals surface area contributed by atoms with E-state index < -0.39 is 29.5 Å². The van der Waals surface area contributed by atoms with Gasteiger partial charge >= 0.3 is 18.2 Å². The molecule has 42 heavy (non-hydrogen) atoms. The van der Waals surface area contributed by atoms with Gasteiger partial charge in [0.05, 0.1) is 17.7 Å². The molecule has 1 saturated heterocycles. The smallest absolute Gasteiger partial charge is 0.421 e. The van der Waals surface area contributed by atoms with E-state index in [2.05, 4.69) is 26.1 Å². The van der Waals surface area contributed by atoms with E-state index in [9.17, 15) is 27.9 Å². The third kappa shape index (κ3) is 7.00. The molecular formula is C29H42F3N5O5. The first-order valence-electron chi connectivity index (χ1n) is 14.3. The number of anilines is 1. The third-order valence-corrected chi connectivity index (χ3v) is 8.38. The van der Waals surface area contributed by atoms with Crippen molar-refractivity contribution in [2.45, 2.75) is 83.8 Å². The Labute approximate surface area is 243 Å². The molecule has 1 aliphatic heterocycles. The van der Waals surface area contributed by atoms with Crippen LogP contribution in [-0.4, -0.2) is 77.4 Å². The number of rotatable bonds is 6. The number of methoxy groups -OCH3 is 1. The number of aliphatic hydroxyl groups is 1. The molecule has 0 bridgehead atoms. The normalized spacial score (nSPS) is 24.1. The number of nitrogens with one attached hydrogen (secondary N) is 2. The van der Waals surface area contributed by atoms with E-state index in [1.165, 1.54) is 26.0 Å². The number of carbonyl (C=O) groups excluding carboxylic acids is 2. The molecule has 1 atom stereocenters. The van der Waals surface area contributed by atoms with E-state index in [1.807, 2.05) is 5.32 Å². The number of alkyl halides is 3. The highest BCUT2D eigenvalue weighted by atomic mass is 19.4. The van der Waals surface area contributed by atoms with Crippen molar-refractivity contribution < 1.29 is 37.3 Å². The fourth-order valence-corrected chi connectivity index (χ4v) is 5.93. The Morgan fingerprint density at radius 3 is 2.40 bits per heavy atom. The Balaban J connectivity index is 1.72. The number of fused-ring (bicyclic) bond motifs is 1. The molecule has 1 aromatic carbocycles. The van der Waals surface area contributed by atoms with Gasteiger partial charge in [0.15, 0.2) is 0 Å². The van der Waals surface area contributed by atoms with Crippen LogP contribution in [0, 0.1) is 11.3 Å². The zero-order valence-electron chi connectivity index (χ0n) is 25.1. The van der Waals surface area contributed by atoms with E-state index in [-0.39, 0.29) is 22.7 Å². The van der Waals surface area contributed by atoms with Crippen molar-refractivity contribution in [1.29, 1.82) is 0 Å². The highest BCUT2D eigenvalue weighted by Crippen LogP contribution is 2.46. The molecular weight excluding hydrogens is 555 g/mol. The molecule has 2 aliphatic rings. The van der Waals surface area contributed by atoms with Crippen LogP contribution in [0.2, 0.25) is 0 Å². The quantitative estimate of drug-likeness (QED) is 0.442. The predicted octanol–water partition coefficient (Wildman–Crippen LogP) is 4.71. The van der Waals surface area contributed by atoms with Crippen molar-refractivity contribution in [2.75, 3.05) is 38.7 Å². The number of carbonyl (C=O) groups is 2. The number of ether oxygens (including phenoxy) is 2. The standard InChI is InChI=1S/C29H42F3N5O5/c1-26(2,3)19-7-9-28(10-8-19,42-25(39)36-12-11-33-20(16-36)17-41-6)37-15-18-13-23(34-24(38)29(30,31)32)21(27(4,5)40)14-22(18)35-37/h13-15,19-20,33,40H,7-12,16-17H2,1-6H3,(H,34,38)/t19?,20-,28?/m0/s1. The molecule has 0 unspecified atom stereocenters. The molecule has 1 aliphatic carbocycles. The second kappa shape index (κ2) is 11.6. The fraction of sp³-hybridized carbons (Fsp3) is 0.690. The van der Waals surface area contributed by atoms with Crippen molar-refractivity contribution in [2.24, 2.45) is 11.3 Å². The molecule has 1 aromatic heterocycles. The van der Waals surface area contributed by atoms with Crippen molar-refractivity contribution in [3.8, 4) is 0 Å². The molecule has 2 aromatic rings. The van der Waals surface area contributed by atoms with Crippen LogP contribution in [0.3, 0.4) is 0 Å². The van der Waals surface area contributed by atoms with Crippen LogP contribution < -0.4 is 10.6 Å². The van der Waals surface area contributed by atoms with Gasteiger partial charge in [0.1, 0.15) is 0 Å². The van der Waals surface area contributed by atoms with Crippen LogP contribution in [-0.2, 0) is 25.6 Å². The average molecular weight is 598 g/mol. The Bertz CT molecular complexity index is 1290. The lowest BCUT2D eigenvalue weighted by Crippen LogP contribution is -2.56. The lowest BCUT2D eigenvalue weighted by Gasteiger charge is -2.44. The predicted molar refractivity (Wildman–Crippen MR) is 151 cm³/mol. The van der Waals surface area contributed by atoms with Gasteiger partial charge in [0, 0.05) is 68.5 Å². The highest BCUT2D eigenvalue weighted by Gasteiger charge is 2.45. The summed E-state index contributed by atoms with van der Waals surface area (Å²) in [5.41, 5.74) is -2.36. The van der Waals surface area contributed by atoms with Crippen LogP contribution in [0.4, 0.5) is 23.7 Å². The Kier molecular flexibility index (Phi) is 8.88. The van der Waals surface area contributed by atoms with Gasteiger partial charge in [-0.25, -0.2) is 9.48 Å². The van der Waals surface area contributed by atoms with Gasteiger partial charge in [-0.2, -0.15) is 18.3 Å². The van der Waals surface area contributed by atoms with Crippen molar-refractivity contribution in [3.63, 3.8) is 0 Å². The highest BCUT2D eigenvalue weighted by molar-refractivity contribution is 5.98. The summed E-state index contributed by atoms with van der Waals surface area (Å²) in [7, 11) is 1.60. The molecule has 10 nitrogen and oxygen atoms in total. The van der Waals surface area contributed by atoms with Crippen molar-refractivity contribution in [3.05, 3.63) is 23.9 Å². The molecule has 3 N–H and O–H groups in total. The summed E-state index contributed by atoms with van der Waals surface area (Å²) in [6.45, 7) is 11.3. The number of aromatic nitrogens is 2. The first-order valence-corrected chi connectivity index (χ1v) is 14.3. The number of piperazine rings is 1. The molecule has 2 fully saturated rings. The Morgan fingerprint density at radius 2 is 1.83 bits per heavy atom. The molecule has 0 spiro atoms. The van der Waals surface area contributed by atoms with E-state index >= 15 is 0 Å². The lowest BCUT2D eigenvalue weighted by molar-refractivity contribution is -0.167. The zero-order valence-corrected chi connectivity index (χ0v) is 25.1. The molecule has 2 amide bonds. The summed E-state index contributed by atoms with van der Waals surface area (Å²) in [6, 6.07) is 2.79. The molecule has 13 heteroatoms. The van der Waals surface area contributed by atoms with Gasteiger partial charge < -0.3 is 30.1 Å². The van der Waals surface area contributed by atoms with E-state index in [1.54, 1.807) is 22.9 Å². The monoisotopic (exact) mass is 597 g/mol. The van der Waals surface area contributed by atoms with E-state index in [0.717, 1.165) is 12.8 Å². The fourth-order valence-electron chi connectivity index (χ4n) is 5.93. The summed E-state index contributed by atoms with van der Waals surface area (Å²) < 4.78 is 52.4. The summed E-state index contributed by atoms with van der Waals surface area (Å²) in [5.74, 6) is -1.75. The topological polar surface area (TPSA) is 118 Å². The molecule has 1 saturated carbocycles. The van der Waals surface area contributed by atoms with E-state index in [4.69, 9.17) is 14.6 Å². The number of benzene rings is 1. The van der Waals surface area contributed by atoms with Gasteiger partial charge in [-0.15, -0.1) is 0 Å². The van der Waals surface area contributed by atoms with Gasteiger partial charge in [0.2, 0.25) is 5.72 Å². The first kappa shape index (κ1) is 32.0. The number of nitrogens with zero attached hydrogens (tertiary/aromatic N) is 3. The molecule has 2 heterocycles. The van der Waals surface area contributed by atoms with Crippen LogP contribution in [0.25, 0.3) is 10.9 Å². The number of halogens is 3. The van der Waals surface area contributed by atoms with Gasteiger partial charge in [-0.3, -0.25) is 4.79 Å². The van der Waals surface area contributed by atoms with E-state index in [0.29, 0.717) is 55.9 Å². The Morgan fingerprint density at radius 1 is 1.17 bits per heavy atom. The summed E-state index contributed by atoms with van der Waals surface area (Å²) in [4.78, 5) is 27.0. The molecule has 0 radical (unpaired) electrons. The minimum absolute atomic E-state index is 0.0262. The maximum absolute atomic E-state index is 13.6. The maximum Gasteiger partial charge on any atom is 0.471 e. The average Bonchev–Trinajstić information content (AvgIpc) is 3.31. The largest absolute Gasteiger partial charge is 0.471 e. The SMILES string of the molecule is COC[C@@H]1CN(C(=O)OC2(n3cc4cc(NC(=O)C(F)(F)F)c(C(C)(C)O)cc4n3)CCC(C(C)(C)C)CC2)CCN1.